The summed E-state index contributed by atoms with van der Waals surface area (Å²) in [5.41, 5.74) is 0. The topological polar surface area (TPSA) is 97.7 Å². The molecule has 84 valence electrons. The molecular formula is C10H7O5S-. The first-order valence-electron chi connectivity index (χ1n) is 4.30. The highest BCUT2D eigenvalue weighted by atomic mass is 32.2. The van der Waals surface area contributed by atoms with Gasteiger partial charge in [-0.3, -0.25) is 0 Å². The SMILES string of the molecule is O=S(=O)([O-])c1cccc2cc(O)c(O)cc12. The highest BCUT2D eigenvalue weighted by Crippen LogP contribution is 2.33. The summed E-state index contributed by atoms with van der Waals surface area (Å²) in [6.45, 7) is 0. The van der Waals surface area contributed by atoms with Gasteiger partial charge in [0.15, 0.2) is 11.5 Å². The molecule has 0 unspecified atom stereocenters. The van der Waals surface area contributed by atoms with Crippen molar-refractivity contribution in [1.82, 2.24) is 0 Å². The Morgan fingerprint density at radius 2 is 1.69 bits per heavy atom. The number of phenolic OH excluding ortho intramolecular Hbond substituents is 2. The molecule has 0 fully saturated rings. The predicted molar refractivity (Wildman–Crippen MR) is 55.2 cm³/mol. The Balaban J connectivity index is 2.93. The van der Waals surface area contributed by atoms with E-state index in [1.165, 1.54) is 18.2 Å². The van der Waals surface area contributed by atoms with Gasteiger partial charge in [-0.25, -0.2) is 8.42 Å². The molecule has 0 aliphatic rings. The molecule has 6 heteroatoms. The first-order valence-corrected chi connectivity index (χ1v) is 5.71. The Kier molecular flexibility index (Phi) is 2.25. The average Bonchev–Trinajstić information content (AvgIpc) is 2.17. The molecule has 0 amide bonds. The van der Waals surface area contributed by atoms with Gasteiger partial charge in [0.2, 0.25) is 0 Å². The fourth-order valence-electron chi connectivity index (χ4n) is 1.49. The first kappa shape index (κ1) is 10.7. The third-order valence-corrected chi connectivity index (χ3v) is 3.10. The monoisotopic (exact) mass is 239 g/mol. The van der Waals surface area contributed by atoms with E-state index < -0.39 is 20.8 Å². The van der Waals surface area contributed by atoms with Gasteiger partial charge >= 0.3 is 0 Å². The lowest BCUT2D eigenvalue weighted by atomic mass is 10.1. The van der Waals surface area contributed by atoms with Crippen LogP contribution in [0.2, 0.25) is 0 Å². The number of fused-ring (bicyclic) bond motifs is 1. The Bertz CT molecular complexity index is 660. The van der Waals surface area contributed by atoms with E-state index in [-0.39, 0.29) is 11.1 Å². The maximum Gasteiger partial charge on any atom is 0.158 e. The molecule has 2 N–H and O–H groups in total. The van der Waals surface area contributed by atoms with Crippen molar-refractivity contribution in [3.63, 3.8) is 0 Å². The molecule has 0 aliphatic heterocycles. The fourth-order valence-corrected chi connectivity index (χ4v) is 2.18. The van der Waals surface area contributed by atoms with Crippen molar-refractivity contribution < 1.29 is 23.2 Å². The zero-order chi connectivity index (χ0) is 11.9. The van der Waals surface area contributed by atoms with Crippen LogP contribution in [0, 0.1) is 0 Å². The van der Waals surface area contributed by atoms with Crippen LogP contribution in [-0.4, -0.2) is 23.2 Å². The summed E-state index contributed by atoms with van der Waals surface area (Å²) in [6.07, 6.45) is 0. The van der Waals surface area contributed by atoms with E-state index in [1.807, 2.05) is 0 Å². The van der Waals surface area contributed by atoms with Gasteiger partial charge in [0.1, 0.15) is 10.1 Å². The molecule has 2 aromatic rings. The van der Waals surface area contributed by atoms with E-state index in [4.69, 9.17) is 0 Å². The molecule has 0 saturated heterocycles. The number of phenols is 2. The first-order chi connectivity index (χ1) is 7.39. The van der Waals surface area contributed by atoms with Crippen molar-refractivity contribution in [2.75, 3.05) is 0 Å². The minimum absolute atomic E-state index is 0.0906. The summed E-state index contributed by atoms with van der Waals surface area (Å²) in [5, 5.41) is 19.0. The summed E-state index contributed by atoms with van der Waals surface area (Å²) in [5.74, 6) is -0.837. The predicted octanol–water partition coefficient (Wildman–Crippen LogP) is 1.16. The van der Waals surface area contributed by atoms with Gasteiger partial charge < -0.3 is 14.8 Å². The molecule has 0 spiro atoms. The van der Waals surface area contributed by atoms with Crippen molar-refractivity contribution in [3.05, 3.63) is 30.3 Å². The van der Waals surface area contributed by atoms with Crippen molar-refractivity contribution in [2.45, 2.75) is 4.90 Å². The lowest BCUT2D eigenvalue weighted by molar-refractivity contribution is 0.405. The normalized spacial score (nSPS) is 11.8. The summed E-state index contributed by atoms with van der Waals surface area (Å²) in [6, 6.07) is 6.32. The van der Waals surface area contributed by atoms with Crippen LogP contribution in [0.15, 0.2) is 35.2 Å². The van der Waals surface area contributed by atoms with Gasteiger partial charge in [-0.05, 0) is 23.6 Å². The molecule has 16 heavy (non-hydrogen) atoms. The third-order valence-electron chi connectivity index (χ3n) is 2.20. The van der Waals surface area contributed by atoms with Crippen molar-refractivity contribution in [1.29, 1.82) is 0 Å². The Labute approximate surface area is 91.3 Å². The summed E-state index contributed by atoms with van der Waals surface area (Å²) in [7, 11) is -4.60. The second-order valence-corrected chi connectivity index (χ2v) is 4.62. The fraction of sp³-hybridized carbons (Fsp3) is 0. The van der Waals surface area contributed by atoms with Crippen LogP contribution >= 0.6 is 0 Å². The second-order valence-electron chi connectivity index (χ2n) is 3.27. The van der Waals surface area contributed by atoms with Crippen LogP contribution in [-0.2, 0) is 10.1 Å². The maximum atomic E-state index is 10.9. The molecule has 0 saturated carbocycles. The second kappa shape index (κ2) is 3.36. The zero-order valence-electron chi connectivity index (χ0n) is 7.91. The van der Waals surface area contributed by atoms with Crippen LogP contribution in [0.3, 0.4) is 0 Å². The van der Waals surface area contributed by atoms with Gasteiger partial charge in [-0.2, -0.15) is 0 Å². The third kappa shape index (κ3) is 1.68. The lowest BCUT2D eigenvalue weighted by Crippen LogP contribution is -1.99. The molecule has 2 rings (SSSR count). The molecule has 0 atom stereocenters. The molecule has 0 aromatic heterocycles. The number of hydrogen-bond acceptors (Lipinski definition) is 5. The standard InChI is InChI=1S/C10H8O5S/c11-8-4-6-2-1-3-10(16(13,14)15)7(6)5-9(8)12/h1-5,11-12H,(H,13,14,15)/p-1. The van der Waals surface area contributed by atoms with Crippen LogP contribution in [0.4, 0.5) is 0 Å². The average molecular weight is 239 g/mol. The largest absolute Gasteiger partial charge is 0.744 e. The zero-order valence-corrected chi connectivity index (χ0v) is 8.73. The molecule has 0 heterocycles. The Morgan fingerprint density at radius 1 is 1.06 bits per heavy atom. The maximum absolute atomic E-state index is 10.9. The molecule has 0 aliphatic carbocycles. The van der Waals surface area contributed by atoms with E-state index in [2.05, 4.69) is 0 Å². The molecule has 5 nitrogen and oxygen atoms in total. The van der Waals surface area contributed by atoms with Crippen LogP contribution in [0.25, 0.3) is 10.8 Å². The Morgan fingerprint density at radius 3 is 2.31 bits per heavy atom. The van der Waals surface area contributed by atoms with E-state index >= 15 is 0 Å². The quantitative estimate of drug-likeness (QED) is 0.574. The summed E-state index contributed by atoms with van der Waals surface area (Å²) < 4.78 is 32.8. The highest BCUT2D eigenvalue weighted by Gasteiger charge is 2.09. The van der Waals surface area contributed by atoms with Gasteiger partial charge in [-0.15, -0.1) is 0 Å². The van der Waals surface area contributed by atoms with E-state index in [0.717, 1.165) is 12.1 Å². The van der Waals surface area contributed by atoms with E-state index in [9.17, 15) is 23.2 Å². The molecule has 0 bridgehead atoms. The van der Waals surface area contributed by atoms with Gasteiger partial charge in [0, 0.05) is 5.39 Å². The van der Waals surface area contributed by atoms with Gasteiger partial charge in [0.25, 0.3) is 0 Å². The van der Waals surface area contributed by atoms with Gasteiger partial charge in [-0.1, -0.05) is 12.1 Å². The molecular weight excluding hydrogens is 232 g/mol. The van der Waals surface area contributed by atoms with Crippen LogP contribution in [0.5, 0.6) is 11.5 Å². The van der Waals surface area contributed by atoms with Crippen LogP contribution < -0.4 is 0 Å². The molecule has 2 aromatic carbocycles. The highest BCUT2D eigenvalue weighted by molar-refractivity contribution is 7.86. The van der Waals surface area contributed by atoms with Crippen molar-refractivity contribution in [3.8, 4) is 11.5 Å². The molecule has 0 radical (unpaired) electrons. The minimum atomic E-state index is -4.60. The van der Waals surface area contributed by atoms with Crippen LogP contribution in [0.1, 0.15) is 0 Å². The van der Waals surface area contributed by atoms with Crippen molar-refractivity contribution in [2.24, 2.45) is 0 Å². The summed E-state index contributed by atoms with van der Waals surface area (Å²) in [4.78, 5) is -0.416. The van der Waals surface area contributed by atoms with Gasteiger partial charge in [0.05, 0.1) is 4.90 Å². The number of benzene rings is 2. The summed E-state index contributed by atoms with van der Waals surface area (Å²) >= 11 is 0. The Hall–Kier alpha value is -1.79. The minimum Gasteiger partial charge on any atom is -0.744 e. The number of rotatable bonds is 1. The smallest absolute Gasteiger partial charge is 0.158 e. The lowest BCUT2D eigenvalue weighted by Gasteiger charge is -2.11. The van der Waals surface area contributed by atoms with E-state index in [1.54, 1.807) is 0 Å². The van der Waals surface area contributed by atoms with E-state index in [0.29, 0.717) is 5.39 Å². The number of aromatic hydroxyl groups is 2. The van der Waals surface area contributed by atoms with Crippen molar-refractivity contribution >= 4 is 20.9 Å². The number of hydrogen-bond donors (Lipinski definition) is 2.